The van der Waals surface area contributed by atoms with E-state index in [0.29, 0.717) is 28.9 Å². The highest BCUT2D eigenvalue weighted by atomic mass is 32.2. The Morgan fingerprint density at radius 3 is 2.09 bits per heavy atom. The summed E-state index contributed by atoms with van der Waals surface area (Å²) in [6.45, 7) is 31.0. The minimum absolute atomic E-state index is 0.294. The minimum Gasteiger partial charge on any atom is -0.384 e. The van der Waals surface area contributed by atoms with E-state index < -0.39 is 11.3 Å². The molecule has 2 rings (SSSR count). The van der Waals surface area contributed by atoms with Crippen molar-refractivity contribution in [1.29, 1.82) is 0 Å². The smallest absolute Gasteiger partial charge is 0.130 e. The molecule has 54 heavy (non-hydrogen) atoms. The maximum Gasteiger partial charge on any atom is 0.130 e. The average Bonchev–Trinajstić information content (AvgIpc) is 3.10. The summed E-state index contributed by atoms with van der Waals surface area (Å²) in [6, 6.07) is 10.5. The number of hydrogen-bond acceptors (Lipinski definition) is 2. The number of nitrogens with one attached hydrogen (secondary N) is 1. The van der Waals surface area contributed by atoms with Crippen LogP contribution in [0.4, 0.5) is 14.5 Å². The minimum atomic E-state index is -1.52. The van der Waals surface area contributed by atoms with E-state index in [1.54, 1.807) is 19.9 Å². The molecule has 2 aromatic rings. The summed E-state index contributed by atoms with van der Waals surface area (Å²) in [5, 5.41) is 3.71. The Bertz CT molecular complexity index is 1520. The number of unbranched alkanes of at least 4 members (excludes halogenated alkanes) is 7. The molecule has 0 radical (unpaired) electrons. The molecule has 0 aliphatic rings. The normalized spacial score (nSPS) is 14.4. The van der Waals surface area contributed by atoms with Crippen LogP contribution >= 0.6 is 11.8 Å². The van der Waals surface area contributed by atoms with Gasteiger partial charge in [-0.3, -0.25) is 0 Å². The number of benzene rings is 2. The molecule has 0 spiro atoms. The van der Waals surface area contributed by atoms with Crippen LogP contribution in [0.2, 0.25) is 0 Å². The molecule has 4 heteroatoms. The van der Waals surface area contributed by atoms with Crippen LogP contribution in [-0.2, 0) is 12.1 Å². The van der Waals surface area contributed by atoms with Gasteiger partial charge in [0.25, 0.3) is 0 Å². The molecule has 0 bridgehead atoms. The van der Waals surface area contributed by atoms with Crippen molar-refractivity contribution in [3.63, 3.8) is 0 Å². The van der Waals surface area contributed by atoms with Crippen molar-refractivity contribution < 1.29 is 8.78 Å². The molecule has 0 aromatic heterocycles. The summed E-state index contributed by atoms with van der Waals surface area (Å²) in [7, 11) is 0. The summed E-state index contributed by atoms with van der Waals surface area (Å²) in [5.74, 6) is 2.61. The monoisotopic (exact) mass is 762 g/mol. The van der Waals surface area contributed by atoms with E-state index in [9.17, 15) is 4.39 Å². The van der Waals surface area contributed by atoms with Gasteiger partial charge in [0.2, 0.25) is 0 Å². The zero-order chi connectivity index (χ0) is 40.5. The van der Waals surface area contributed by atoms with E-state index in [0.717, 1.165) is 36.2 Å². The molecule has 0 aliphatic heterocycles. The summed E-state index contributed by atoms with van der Waals surface area (Å²) < 4.78 is 29.6. The third-order valence-electron chi connectivity index (χ3n) is 11.4. The van der Waals surface area contributed by atoms with E-state index in [2.05, 4.69) is 72.1 Å². The van der Waals surface area contributed by atoms with Crippen LogP contribution in [0.1, 0.15) is 161 Å². The Morgan fingerprint density at radius 2 is 1.50 bits per heavy atom. The second kappa shape index (κ2) is 23.5. The molecule has 0 aliphatic carbocycles. The second-order valence-electron chi connectivity index (χ2n) is 17.2. The van der Waals surface area contributed by atoms with E-state index in [4.69, 9.17) is 0 Å². The van der Waals surface area contributed by atoms with E-state index in [1.165, 1.54) is 111 Å². The summed E-state index contributed by atoms with van der Waals surface area (Å²) in [4.78, 5) is 1.46. The Kier molecular flexibility index (Phi) is 20.7. The second-order valence-corrected chi connectivity index (χ2v) is 18.3. The molecule has 0 saturated carbocycles. The number of halogens is 2. The Morgan fingerprint density at radius 1 is 0.852 bits per heavy atom. The molecular formula is C50H77F2NS. The Hall–Kier alpha value is -2.59. The van der Waals surface area contributed by atoms with Crippen molar-refractivity contribution in [3.8, 4) is 0 Å². The van der Waals surface area contributed by atoms with Crippen molar-refractivity contribution in [2.75, 3.05) is 17.6 Å². The number of anilines is 1. The number of hydrogen-bond donors (Lipinski definition) is 1. The number of rotatable bonds is 26. The maximum atomic E-state index is 15.1. The zero-order valence-electron chi connectivity index (χ0n) is 36.3. The third-order valence-corrected chi connectivity index (χ3v) is 12.7. The highest BCUT2D eigenvalue weighted by Crippen LogP contribution is 2.35. The molecule has 0 amide bonds. The summed E-state index contributed by atoms with van der Waals surface area (Å²) >= 11 is 2.04. The van der Waals surface area contributed by atoms with Gasteiger partial charge in [0, 0.05) is 22.7 Å². The van der Waals surface area contributed by atoms with Gasteiger partial charge in [-0.05, 0) is 143 Å². The lowest BCUT2D eigenvalue weighted by molar-refractivity contribution is 0.221. The molecule has 3 atom stereocenters. The largest absolute Gasteiger partial charge is 0.384 e. The molecular weight excluding hydrogens is 685 g/mol. The first-order valence-electron chi connectivity index (χ1n) is 21.1. The lowest BCUT2D eigenvalue weighted by Gasteiger charge is -2.27. The molecule has 1 nitrogen and oxygen atoms in total. The Labute approximate surface area is 336 Å². The summed E-state index contributed by atoms with van der Waals surface area (Å²) in [6.07, 6.45) is 21.2. The van der Waals surface area contributed by atoms with Crippen LogP contribution in [0, 0.1) is 31.6 Å². The number of thioether (sulfide) groups is 1. The summed E-state index contributed by atoms with van der Waals surface area (Å²) in [5.41, 5.74) is 6.32. The predicted octanol–water partition coefficient (Wildman–Crippen LogP) is 16.3. The van der Waals surface area contributed by atoms with Gasteiger partial charge in [-0.1, -0.05) is 134 Å². The SMILES string of the molecule is C=C(C)C(CNc1ccc(C(C)(C)F)cc1C(/C=C\C(=C)C(C)(C)F)=C/C)C(C)CCCC(C)Cc1ccc(SCCCCCCCCCC)c(C)c1C. The van der Waals surface area contributed by atoms with Crippen molar-refractivity contribution in [1.82, 2.24) is 0 Å². The van der Waals surface area contributed by atoms with Crippen LogP contribution in [-0.4, -0.2) is 18.0 Å². The van der Waals surface area contributed by atoms with Crippen LogP contribution in [0.3, 0.4) is 0 Å². The van der Waals surface area contributed by atoms with Crippen LogP contribution in [0.25, 0.3) is 5.57 Å². The van der Waals surface area contributed by atoms with Crippen molar-refractivity contribution >= 4 is 23.0 Å². The molecule has 0 saturated heterocycles. The average molecular weight is 762 g/mol. The lowest BCUT2D eigenvalue weighted by atomic mass is 9.83. The van der Waals surface area contributed by atoms with Crippen molar-refractivity contribution in [2.45, 2.75) is 169 Å². The number of allylic oxidation sites excluding steroid dienone is 5. The quantitative estimate of drug-likeness (QED) is 0.0443. The van der Waals surface area contributed by atoms with E-state index in [-0.39, 0.29) is 0 Å². The highest BCUT2D eigenvalue weighted by Gasteiger charge is 2.23. The van der Waals surface area contributed by atoms with Gasteiger partial charge in [-0.2, -0.15) is 0 Å². The fourth-order valence-electron chi connectivity index (χ4n) is 7.23. The van der Waals surface area contributed by atoms with Gasteiger partial charge in [0.15, 0.2) is 0 Å². The maximum absolute atomic E-state index is 15.1. The van der Waals surface area contributed by atoms with Gasteiger partial charge in [-0.15, -0.1) is 11.8 Å². The predicted molar refractivity (Wildman–Crippen MR) is 240 cm³/mol. The molecule has 302 valence electrons. The van der Waals surface area contributed by atoms with Gasteiger partial charge in [0.1, 0.15) is 11.3 Å². The third kappa shape index (κ3) is 16.3. The van der Waals surface area contributed by atoms with Crippen LogP contribution in [0.5, 0.6) is 0 Å². The molecule has 1 N–H and O–H groups in total. The molecule has 2 aromatic carbocycles. The topological polar surface area (TPSA) is 12.0 Å². The first-order chi connectivity index (χ1) is 25.4. The lowest BCUT2D eigenvalue weighted by Crippen LogP contribution is -2.23. The fourth-order valence-corrected chi connectivity index (χ4v) is 8.33. The molecule has 0 fully saturated rings. The van der Waals surface area contributed by atoms with Crippen LogP contribution in [0.15, 0.2) is 77.8 Å². The standard InChI is InChI=1S/C50H77F2NS/c1-14-16-17-18-19-20-21-22-32-54-48-31-28-43(40(8)41(48)9)33-37(5)24-23-25-38(6)46(36(3)4)35-53-47-30-29-44(50(12,13)52)34-45(47)42(15-2)27-26-39(7)49(10,11)51/h15,26-31,34,37-38,46,53H,3,7,14,16-25,32-33,35H2,1-2,4-6,8-13H3/b27-26-,42-15+. The fraction of sp³-hybridized carbons (Fsp3) is 0.600. The van der Waals surface area contributed by atoms with Crippen LogP contribution < -0.4 is 5.32 Å². The van der Waals surface area contributed by atoms with E-state index in [1.807, 2.05) is 49.0 Å². The van der Waals surface area contributed by atoms with E-state index >= 15 is 4.39 Å². The van der Waals surface area contributed by atoms with Gasteiger partial charge < -0.3 is 5.32 Å². The number of alkyl halides is 2. The molecule has 0 heterocycles. The first kappa shape index (κ1) is 47.6. The first-order valence-corrected chi connectivity index (χ1v) is 22.1. The molecule has 3 unspecified atom stereocenters. The van der Waals surface area contributed by atoms with Gasteiger partial charge in [-0.25, -0.2) is 8.78 Å². The van der Waals surface area contributed by atoms with Crippen molar-refractivity contribution in [2.24, 2.45) is 17.8 Å². The zero-order valence-corrected chi connectivity index (χ0v) is 37.1. The highest BCUT2D eigenvalue weighted by molar-refractivity contribution is 7.99. The Balaban J connectivity index is 1.99. The van der Waals surface area contributed by atoms with Crippen molar-refractivity contribution in [3.05, 3.63) is 101 Å². The van der Waals surface area contributed by atoms with Gasteiger partial charge in [0.05, 0.1) is 0 Å². The van der Waals surface area contributed by atoms with Gasteiger partial charge >= 0.3 is 0 Å².